The van der Waals surface area contributed by atoms with Crippen LogP contribution in [0.5, 0.6) is 34.5 Å². The summed E-state index contributed by atoms with van der Waals surface area (Å²) in [4.78, 5) is 29.7. The first kappa shape index (κ1) is 30.1. The van der Waals surface area contributed by atoms with E-state index in [0.29, 0.717) is 66.2 Å². The van der Waals surface area contributed by atoms with Gasteiger partial charge in [-0.05, 0) is 53.1 Å². The molecule has 0 atom stereocenters. The Morgan fingerprint density at radius 3 is 1.62 bits per heavy atom. The largest absolute Gasteiger partial charge is 0.493 e. The number of ether oxygens (including phenoxy) is 6. The smallest absolute Gasteiger partial charge is 0.254 e. The van der Waals surface area contributed by atoms with Crippen molar-refractivity contribution in [3.63, 3.8) is 0 Å². The molecule has 4 rings (SSSR count). The highest BCUT2D eigenvalue weighted by Crippen LogP contribution is 2.41. The van der Waals surface area contributed by atoms with E-state index in [2.05, 4.69) is 0 Å². The van der Waals surface area contributed by atoms with Gasteiger partial charge < -0.3 is 38.2 Å². The Morgan fingerprint density at radius 2 is 1.12 bits per heavy atom. The molecule has 10 nitrogen and oxygen atoms in total. The van der Waals surface area contributed by atoms with Gasteiger partial charge in [-0.2, -0.15) is 0 Å². The van der Waals surface area contributed by atoms with Crippen LogP contribution in [0.4, 0.5) is 0 Å². The first-order valence-corrected chi connectivity index (χ1v) is 13.3. The van der Waals surface area contributed by atoms with E-state index < -0.39 is 0 Å². The number of carbonyl (C=O) groups is 2. The van der Waals surface area contributed by atoms with Crippen molar-refractivity contribution in [2.24, 2.45) is 0 Å². The molecule has 1 saturated heterocycles. The van der Waals surface area contributed by atoms with Crippen LogP contribution < -0.4 is 28.4 Å². The molecule has 10 heteroatoms. The maximum Gasteiger partial charge on any atom is 0.254 e. The number of piperazine rings is 1. The van der Waals surface area contributed by atoms with Crippen LogP contribution in [0.25, 0.3) is 17.2 Å². The summed E-state index contributed by atoms with van der Waals surface area (Å²) in [5, 5.41) is 0. The van der Waals surface area contributed by atoms with Crippen molar-refractivity contribution in [1.29, 1.82) is 0 Å². The number of benzene rings is 3. The summed E-state index contributed by atoms with van der Waals surface area (Å²) in [6.07, 6.45) is 3.35. The molecule has 42 heavy (non-hydrogen) atoms. The van der Waals surface area contributed by atoms with Crippen molar-refractivity contribution in [2.75, 3.05) is 68.8 Å². The van der Waals surface area contributed by atoms with E-state index >= 15 is 0 Å². The van der Waals surface area contributed by atoms with Crippen molar-refractivity contribution in [3.05, 3.63) is 65.7 Å². The second-order valence-electron chi connectivity index (χ2n) is 9.40. The summed E-state index contributed by atoms with van der Waals surface area (Å²) in [6, 6.07) is 14.9. The Bertz CT molecular complexity index is 1410. The zero-order valence-electron chi connectivity index (χ0n) is 24.8. The lowest BCUT2D eigenvalue weighted by Gasteiger charge is -2.34. The molecule has 0 aliphatic carbocycles. The number of carbonyl (C=O) groups excluding carboxylic acids is 2. The number of hydrogen-bond donors (Lipinski definition) is 0. The van der Waals surface area contributed by atoms with Gasteiger partial charge in [0.1, 0.15) is 0 Å². The molecule has 0 radical (unpaired) electrons. The summed E-state index contributed by atoms with van der Waals surface area (Å²) in [7, 11) is 9.25. The molecule has 1 heterocycles. The van der Waals surface area contributed by atoms with Gasteiger partial charge >= 0.3 is 0 Å². The van der Waals surface area contributed by atoms with Crippen LogP contribution in [-0.2, 0) is 4.79 Å². The van der Waals surface area contributed by atoms with Gasteiger partial charge in [-0.15, -0.1) is 0 Å². The van der Waals surface area contributed by atoms with Crippen molar-refractivity contribution in [2.45, 2.75) is 0 Å². The van der Waals surface area contributed by atoms with Gasteiger partial charge in [0.05, 0.1) is 42.7 Å². The number of nitrogens with zero attached hydrogens (tertiary/aromatic N) is 2. The zero-order chi connectivity index (χ0) is 30.2. The van der Waals surface area contributed by atoms with E-state index in [4.69, 9.17) is 28.4 Å². The summed E-state index contributed by atoms with van der Waals surface area (Å²) < 4.78 is 32.5. The molecule has 0 bridgehead atoms. The SMILES string of the molecule is COc1cc(C(=O)N2CCN(C(=O)/C=C/c3cccc(-c4cc(OC)c(OC)c(OC)c4)c3)CC2)cc(OC)c1OC. The molecule has 1 aliphatic rings. The van der Waals surface area contributed by atoms with Crippen molar-refractivity contribution >= 4 is 17.9 Å². The Morgan fingerprint density at radius 1 is 0.619 bits per heavy atom. The second kappa shape index (κ2) is 13.7. The van der Waals surface area contributed by atoms with Crippen LogP contribution in [0.3, 0.4) is 0 Å². The van der Waals surface area contributed by atoms with Crippen LogP contribution in [0.1, 0.15) is 15.9 Å². The van der Waals surface area contributed by atoms with E-state index in [-0.39, 0.29) is 11.8 Å². The molecule has 3 aromatic carbocycles. The van der Waals surface area contributed by atoms with E-state index in [9.17, 15) is 9.59 Å². The third-order valence-corrected chi connectivity index (χ3v) is 7.09. The molecule has 3 aromatic rings. The molecule has 0 unspecified atom stereocenters. The highest BCUT2D eigenvalue weighted by Gasteiger charge is 2.26. The molecule has 222 valence electrons. The molecule has 0 aromatic heterocycles. The van der Waals surface area contributed by atoms with Gasteiger partial charge in [0.15, 0.2) is 23.0 Å². The predicted molar refractivity (Wildman–Crippen MR) is 159 cm³/mol. The monoisotopic (exact) mass is 576 g/mol. The van der Waals surface area contributed by atoms with Gasteiger partial charge in [-0.3, -0.25) is 9.59 Å². The Kier molecular flexibility index (Phi) is 9.80. The van der Waals surface area contributed by atoms with Crippen LogP contribution in [0.2, 0.25) is 0 Å². The number of hydrogen-bond acceptors (Lipinski definition) is 8. The number of amides is 2. The lowest BCUT2D eigenvalue weighted by atomic mass is 10.0. The minimum absolute atomic E-state index is 0.118. The maximum atomic E-state index is 13.2. The van der Waals surface area contributed by atoms with E-state index in [1.165, 1.54) is 21.3 Å². The molecule has 1 fully saturated rings. The molecule has 2 amide bonds. The molecule has 0 spiro atoms. The quantitative estimate of drug-likeness (QED) is 0.328. The van der Waals surface area contributed by atoms with Crippen molar-refractivity contribution in [3.8, 4) is 45.6 Å². The second-order valence-corrected chi connectivity index (χ2v) is 9.40. The summed E-state index contributed by atoms with van der Waals surface area (Å²) in [6.45, 7) is 1.66. The highest BCUT2D eigenvalue weighted by atomic mass is 16.5. The fourth-order valence-corrected chi connectivity index (χ4v) is 4.86. The Hall–Kier alpha value is -4.86. The third-order valence-electron chi connectivity index (χ3n) is 7.09. The Labute approximate surface area is 245 Å². The van der Waals surface area contributed by atoms with Crippen LogP contribution >= 0.6 is 0 Å². The first-order chi connectivity index (χ1) is 20.4. The van der Waals surface area contributed by atoms with Gasteiger partial charge in [-0.1, -0.05) is 18.2 Å². The average molecular weight is 577 g/mol. The summed E-state index contributed by atoms with van der Waals surface area (Å²) >= 11 is 0. The third kappa shape index (κ3) is 6.38. The first-order valence-electron chi connectivity index (χ1n) is 13.3. The Balaban J connectivity index is 1.42. The molecule has 1 aliphatic heterocycles. The van der Waals surface area contributed by atoms with E-state index in [0.717, 1.165) is 16.7 Å². The standard InChI is InChI=1S/C32H36N2O8/c1-37-25-17-23(18-26(38-2)30(25)41-5)22-9-7-8-21(16-22)10-11-29(35)33-12-14-34(15-13-33)32(36)24-19-27(39-3)31(42-6)28(20-24)40-4/h7-11,16-20H,12-15H2,1-6H3/b11-10+. The minimum atomic E-state index is -0.166. The van der Waals surface area contributed by atoms with Crippen LogP contribution in [-0.4, -0.2) is 90.5 Å². The fourth-order valence-electron chi connectivity index (χ4n) is 4.86. The summed E-state index contributed by atoms with van der Waals surface area (Å²) in [5.41, 5.74) is 3.11. The fraction of sp³-hybridized carbons (Fsp3) is 0.312. The van der Waals surface area contributed by atoms with E-state index in [1.807, 2.05) is 36.4 Å². The normalized spacial score (nSPS) is 13.1. The van der Waals surface area contributed by atoms with Crippen molar-refractivity contribution in [1.82, 2.24) is 9.80 Å². The molecule has 0 N–H and O–H groups in total. The van der Waals surface area contributed by atoms with Gasteiger partial charge in [0, 0.05) is 37.8 Å². The van der Waals surface area contributed by atoms with Crippen molar-refractivity contribution < 1.29 is 38.0 Å². The minimum Gasteiger partial charge on any atom is -0.493 e. The molecule has 0 saturated carbocycles. The van der Waals surface area contributed by atoms with Crippen LogP contribution in [0, 0.1) is 0 Å². The topological polar surface area (TPSA) is 96.0 Å². The summed E-state index contributed by atoms with van der Waals surface area (Å²) in [5.74, 6) is 2.61. The average Bonchev–Trinajstić information content (AvgIpc) is 3.05. The molecular weight excluding hydrogens is 540 g/mol. The lowest BCUT2D eigenvalue weighted by Crippen LogP contribution is -2.50. The van der Waals surface area contributed by atoms with E-state index in [1.54, 1.807) is 55.4 Å². The highest BCUT2D eigenvalue weighted by molar-refractivity contribution is 5.96. The zero-order valence-corrected chi connectivity index (χ0v) is 24.8. The van der Waals surface area contributed by atoms with Crippen LogP contribution in [0.15, 0.2) is 54.6 Å². The molecular formula is C32H36N2O8. The maximum absolute atomic E-state index is 13.2. The number of rotatable bonds is 10. The lowest BCUT2D eigenvalue weighted by molar-refractivity contribution is -0.127. The van der Waals surface area contributed by atoms with Gasteiger partial charge in [0.2, 0.25) is 17.4 Å². The van der Waals surface area contributed by atoms with Gasteiger partial charge in [0.25, 0.3) is 5.91 Å². The van der Waals surface area contributed by atoms with Gasteiger partial charge in [-0.25, -0.2) is 0 Å². The predicted octanol–water partition coefficient (Wildman–Crippen LogP) is 4.40. The number of methoxy groups -OCH3 is 6.